The molecule has 2 fully saturated rings. The van der Waals surface area contributed by atoms with E-state index in [4.69, 9.17) is 9.47 Å². The molecule has 1 N–H and O–H groups in total. The van der Waals surface area contributed by atoms with Crippen molar-refractivity contribution in [2.75, 3.05) is 31.1 Å². The minimum absolute atomic E-state index is 0.303. The summed E-state index contributed by atoms with van der Waals surface area (Å²) in [5.74, 6) is -0.389. The number of anilines is 1. The van der Waals surface area contributed by atoms with Crippen LogP contribution in [0.1, 0.15) is 17.2 Å². The van der Waals surface area contributed by atoms with Crippen molar-refractivity contribution >= 4 is 18.0 Å². The van der Waals surface area contributed by atoms with Gasteiger partial charge in [-0.25, -0.2) is 9.18 Å². The number of nitrogens with one attached hydrogen (secondary N) is 1. The van der Waals surface area contributed by atoms with Crippen LogP contribution in [0.3, 0.4) is 0 Å². The minimum atomic E-state index is -0.501. The van der Waals surface area contributed by atoms with Crippen LogP contribution in [0.4, 0.5) is 14.9 Å². The fraction of sp³-hybridized carbons (Fsp3) is 0.333. The van der Waals surface area contributed by atoms with Crippen molar-refractivity contribution in [3.8, 4) is 0 Å². The second-order valence-electron chi connectivity index (χ2n) is 6.78. The first kappa shape index (κ1) is 18.6. The molecule has 2 saturated heterocycles. The second-order valence-corrected chi connectivity index (χ2v) is 6.78. The molecule has 0 radical (unpaired) electrons. The molecule has 2 aliphatic heterocycles. The molecular formula is C21H22FN3O3. The van der Waals surface area contributed by atoms with Gasteiger partial charge in [0.05, 0.1) is 31.5 Å². The normalized spacial score (nSPS) is 22.6. The highest BCUT2D eigenvalue weighted by atomic mass is 19.1. The molecule has 2 atom stereocenters. The van der Waals surface area contributed by atoms with Gasteiger partial charge in [-0.3, -0.25) is 9.89 Å². The van der Waals surface area contributed by atoms with Crippen LogP contribution < -0.4 is 10.2 Å². The predicted molar refractivity (Wildman–Crippen MR) is 104 cm³/mol. The molecule has 146 valence electrons. The van der Waals surface area contributed by atoms with E-state index in [0.29, 0.717) is 37.5 Å². The lowest BCUT2D eigenvalue weighted by atomic mass is 10.1. The van der Waals surface area contributed by atoms with Gasteiger partial charge in [-0.15, -0.1) is 0 Å². The Bertz CT molecular complexity index is 853. The fourth-order valence-corrected chi connectivity index (χ4v) is 3.34. The number of rotatable bonds is 5. The number of carbonyl (C=O) groups excluding carboxylic acids is 1. The third kappa shape index (κ3) is 4.21. The van der Waals surface area contributed by atoms with E-state index in [1.807, 2.05) is 30.3 Å². The molecule has 0 saturated carbocycles. The van der Waals surface area contributed by atoms with Crippen LogP contribution in [0.25, 0.3) is 0 Å². The first-order valence-corrected chi connectivity index (χ1v) is 9.34. The second kappa shape index (κ2) is 8.50. The fourth-order valence-electron chi connectivity index (χ4n) is 3.34. The highest BCUT2D eigenvalue weighted by Crippen LogP contribution is 2.28. The Labute approximate surface area is 163 Å². The molecule has 0 aromatic heterocycles. The first-order chi connectivity index (χ1) is 13.7. The van der Waals surface area contributed by atoms with E-state index in [2.05, 4.69) is 10.3 Å². The van der Waals surface area contributed by atoms with Crippen molar-refractivity contribution < 1.29 is 18.7 Å². The largest absolute Gasteiger partial charge is 0.438 e. The zero-order chi connectivity index (χ0) is 19.3. The van der Waals surface area contributed by atoms with E-state index in [0.717, 1.165) is 12.1 Å². The number of hydrogen-bond acceptors (Lipinski definition) is 5. The zero-order valence-corrected chi connectivity index (χ0v) is 15.4. The number of morpholine rings is 1. The van der Waals surface area contributed by atoms with Crippen LogP contribution >= 0.6 is 0 Å². The Hall–Kier alpha value is -2.77. The van der Waals surface area contributed by atoms with Crippen LogP contribution in [0.5, 0.6) is 0 Å². The number of ether oxygens (including phenoxy) is 2. The van der Waals surface area contributed by atoms with Gasteiger partial charge in [0, 0.05) is 24.9 Å². The molecule has 2 heterocycles. The van der Waals surface area contributed by atoms with Crippen molar-refractivity contribution in [2.45, 2.75) is 18.8 Å². The summed E-state index contributed by atoms with van der Waals surface area (Å²) in [6.07, 6.45) is 0.367. The third-order valence-corrected chi connectivity index (χ3v) is 4.79. The standard InChI is InChI=1S/C21H22FN3O3/c22-19-10-16(6-7-18(19)20-13-23-8-9-27-20)25-14-17(28-21(25)26)12-24-11-15-4-2-1-3-5-15/h1-7,10,12,17,20,23H,8-9,11,13-14H2. The number of halogens is 1. The summed E-state index contributed by atoms with van der Waals surface area (Å²) in [5, 5.41) is 3.18. The highest BCUT2D eigenvalue weighted by molar-refractivity contribution is 5.92. The lowest BCUT2D eigenvalue weighted by Gasteiger charge is -2.25. The van der Waals surface area contributed by atoms with Gasteiger partial charge in [-0.2, -0.15) is 0 Å². The lowest BCUT2D eigenvalue weighted by Crippen LogP contribution is -2.33. The molecule has 0 bridgehead atoms. The molecule has 2 aromatic rings. The Morgan fingerprint density at radius 3 is 2.86 bits per heavy atom. The summed E-state index contributed by atoms with van der Waals surface area (Å²) in [6, 6.07) is 14.6. The van der Waals surface area contributed by atoms with E-state index in [-0.39, 0.29) is 11.9 Å². The van der Waals surface area contributed by atoms with Gasteiger partial charge < -0.3 is 14.8 Å². The van der Waals surface area contributed by atoms with Gasteiger partial charge in [0.2, 0.25) is 0 Å². The molecule has 6 nitrogen and oxygen atoms in total. The molecular weight excluding hydrogens is 361 g/mol. The van der Waals surface area contributed by atoms with Gasteiger partial charge in [0.15, 0.2) is 6.10 Å². The Morgan fingerprint density at radius 2 is 2.11 bits per heavy atom. The van der Waals surface area contributed by atoms with E-state index in [9.17, 15) is 9.18 Å². The van der Waals surface area contributed by atoms with Crippen LogP contribution in [0.15, 0.2) is 53.5 Å². The van der Waals surface area contributed by atoms with Crippen molar-refractivity contribution in [1.29, 1.82) is 0 Å². The number of amides is 1. The molecule has 2 unspecified atom stereocenters. The minimum Gasteiger partial charge on any atom is -0.438 e. The average molecular weight is 383 g/mol. The van der Waals surface area contributed by atoms with Crippen molar-refractivity contribution in [3.63, 3.8) is 0 Å². The average Bonchev–Trinajstić information content (AvgIpc) is 3.10. The summed E-state index contributed by atoms with van der Waals surface area (Å²) in [7, 11) is 0. The Kier molecular flexibility index (Phi) is 5.64. The molecule has 2 aromatic carbocycles. The van der Waals surface area contributed by atoms with Gasteiger partial charge in [-0.1, -0.05) is 36.4 Å². The van der Waals surface area contributed by atoms with E-state index >= 15 is 0 Å². The molecule has 0 spiro atoms. The topological polar surface area (TPSA) is 63.2 Å². The first-order valence-electron chi connectivity index (χ1n) is 9.34. The molecule has 1 amide bonds. The lowest BCUT2D eigenvalue weighted by molar-refractivity contribution is 0.0255. The zero-order valence-electron chi connectivity index (χ0n) is 15.4. The maximum atomic E-state index is 14.6. The molecule has 28 heavy (non-hydrogen) atoms. The summed E-state index contributed by atoms with van der Waals surface area (Å²) in [4.78, 5) is 18.0. The number of aliphatic imine (C=N–C) groups is 1. The van der Waals surface area contributed by atoms with Gasteiger partial charge in [0.1, 0.15) is 5.82 Å². The van der Waals surface area contributed by atoms with E-state index in [1.165, 1.54) is 11.0 Å². The summed E-state index contributed by atoms with van der Waals surface area (Å²) >= 11 is 0. The van der Waals surface area contributed by atoms with Crippen molar-refractivity contribution in [1.82, 2.24) is 5.32 Å². The Balaban J connectivity index is 1.40. The molecule has 2 aliphatic rings. The van der Waals surface area contributed by atoms with Gasteiger partial charge in [-0.05, 0) is 17.7 Å². The number of carbonyl (C=O) groups is 1. The van der Waals surface area contributed by atoms with Gasteiger partial charge in [0.25, 0.3) is 0 Å². The number of hydrogen-bond donors (Lipinski definition) is 1. The maximum Gasteiger partial charge on any atom is 0.415 e. The molecule has 0 aliphatic carbocycles. The smallest absolute Gasteiger partial charge is 0.415 e. The van der Waals surface area contributed by atoms with Crippen molar-refractivity contribution in [3.05, 3.63) is 65.5 Å². The number of cyclic esters (lactones) is 1. The summed E-state index contributed by atoms with van der Waals surface area (Å²) in [5.41, 5.74) is 2.04. The van der Waals surface area contributed by atoms with Crippen LogP contribution in [-0.4, -0.2) is 44.7 Å². The SMILES string of the molecule is O=C1OC(C=NCc2ccccc2)CN1c1ccc(C2CNCCO2)c(F)c1. The van der Waals surface area contributed by atoms with E-state index in [1.54, 1.807) is 18.3 Å². The molecule has 4 rings (SSSR count). The van der Waals surface area contributed by atoms with Crippen LogP contribution in [0, 0.1) is 5.82 Å². The van der Waals surface area contributed by atoms with Crippen LogP contribution in [-0.2, 0) is 16.0 Å². The maximum absolute atomic E-state index is 14.6. The van der Waals surface area contributed by atoms with Crippen LogP contribution in [0.2, 0.25) is 0 Å². The number of nitrogens with zero attached hydrogens (tertiary/aromatic N) is 2. The quantitative estimate of drug-likeness (QED) is 0.806. The third-order valence-electron chi connectivity index (χ3n) is 4.79. The monoisotopic (exact) mass is 383 g/mol. The van der Waals surface area contributed by atoms with E-state index < -0.39 is 12.2 Å². The van der Waals surface area contributed by atoms with Gasteiger partial charge >= 0.3 is 6.09 Å². The summed E-state index contributed by atoms with van der Waals surface area (Å²) in [6.45, 7) is 2.71. The summed E-state index contributed by atoms with van der Waals surface area (Å²) < 4.78 is 25.5. The highest BCUT2D eigenvalue weighted by Gasteiger charge is 2.32. The predicted octanol–water partition coefficient (Wildman–Crippen LogP) is 3.08. The Morgan fingerprint density at radius 1 is 1.25 bits per heavy atom. The molecule has 7 heteroatoms. The van der Waals surface area contributed by atoms with Crippen molar-refractivity contribution in [2.24, 2.45) is 4.99 Å². The number of benzene rings is 2.